The van der Waals surface area contributed by atoms with Gasteiger partial charge in [0.05, 0.1) is 56.1 Å². The lowest BCUT2D eigenvalue weighted by molar-refractivity contribution is -0.383. The average Bonchev–Trinajstić information content (AvgIpc) is 0.907. The van der Waals surface area contributed by atoms with E-state index in [1.807, 2.05) is 55.4 Å². The molecule has 3 saturated heterocycles. The molecule has 0 aromatic carbocycles. The summed E-state index contributed by atoms with van der Waals surface area (Å²) in [6.45, 7) is 23.5. The predicted molar refractivity (Wildman–Crippen MR) is 318 cm³/mol. The van der Waals surface area contributed by atoms with Gasteiger partial charge in [0.2, 0.25) is 0 Å². The maximum Gasteiger partial charge on any atom is 0.338 e. The van der Waals surface area contributed by atoms with Crippen LogP contribution in [0.5, 0.6) is 0 Å². The van der Waals surface area contributed by atoms with Crippen LogP contribution in [0.25, 0.3) is 0 Å². The number of ether oxygens (including phenoxy) is 9. The second kappa shape index (κ2) is 27.7. The van der Waals surface area contributed by atoms with Gasteiger partial charge in [-0.3, -0.25) is 4.79 Å². The highest BCUT2D eigenvalue weighted by molar-refractivity contribution is 5.83. The van der Waals surface area contributed by atoms with Crippen molar-refractivity contribution in [1.29, 1.82) is 0 Å². The summed E-state index contributed by atoms with van der Waals surface area (Å²) in [5.41, 5.74) is -2.87. The molecule has 23 nitrogen and oxygen atoms in total. The van der Waals surface area contributed by atoms with Gasteiger partial charge in [0.25, 0.3) is 0 Å². The van der Waals surface area contributed by atoms with Gasteiger partial charge in [-0.15, -0.1) is 0 Å². The fraction of sp³-hybridized carbons (Fsp3) is 0.864. The number of rotatable bonds is 21. The first kappa shape index (κ1) is 71.8. The number of aliphatic hydroxyl groups excluding tert-OH is 11. The molecule has 4 saturated carbocycles. The molecule has 508 valence electrons. The monoisotopic (exact) mass is 1270 g/mol. The summed E-state index contributed by atoms with van der Waals surface area (Å²) in [6, 6.07) is 0. The minimum atomic E-state index is -1.99. The molecule has 8 aliphatic rings. The van der Waals surface area contributed by atoms with Crippen molar-refractivity contribution in [2.24, 2.45) is 56.2 Å². The number of hydrogen-bond acceptors (Lipinski definition) is 23. The van der Waals surface area contributed by atoms with Gasteiger partial charge in [-0.05, 0) is 119 Å². The van der Waals surface area contributed by atoms with Crippen molar-refractivity contribution in [2.45, 2.75) is 277 Å². The minimum absolute atomic E-state index is 0.0493. The van der Waals surface area contributed by atoms with Gasteiger partial charge in [-0.1, -0.05) is 105 Å². The number of carbonyl (C=O) groups is 3. The summed E-state index contributed by atoms with van der Waals surface area (Å²) >= 11 is 0. The largest absolute Gasteiger partial charge is 0.464 e. The van der Waals surface area contributed by atoms with Crippen molar-refractivity contribution in [3.63, 3.8) is 0 Å². The Bertz CT molecular complexity index is 2570. The summed E-state index contributed by atoms with van der Waals surface area (Å²) in [7, 11) is 0. The van der Waals surface area contributed by atoms with Crippen LogP contribution in [0.3, 0.4) is 0 Å². The SMILES string of the molecule is CCCCOC(=O)[C@H]1O[C@@H](O[C@H]2CC[C@@]3(C)C(CC[C@]4(C)[C@@H]3CC=C3[C@@H]5CC(C)(C)[C@@H](OC(=O)/C=C(\C)CCC=C(C)C)[C@H](OC(=O)C(C)CC)[C@]5(CO)[C@H](O)[C@H](O)[C@]34C)C2(C)C)[C@H](O[C@@H]2O[C@H](CO)[C@@H](O)[C@H](O)[C@H]2O)[C@@H](O)[C@@H]1O[C@@H]1O[C@@H](CO)[C@H](O)[C@H]1O. The fourth-order valence-electron chi connectivity index (χ4n) is 17.4. The van der Waals surface area contributed by atoms with Crippen LogP contribution in [0, 0.1) is 56.2 Å². The Kier molecular flexibility index (Phi) is 22.4. The first-order chi connectivity index (χ1) is 41.7. The standard InChI is InChI=1S/C66H106O23/c1-14-16-26-81-57(80)51-49(86-58-46(74)44(72)38(30-68)83-58)48(76)50(87-59-47(75)45(73)43(71)37(29-67)82-59)60(88-51)84-41-23-24-63(11)39(62(41,9)10)22-25-64(12)40(63)21-20-35-36-28-61(7,8)54(85-42(70)27-33(5)19-17-18-32(3)4)55(89-56(79)34(6)15-2)66(36,31-69)53(78)52(77)65(35,64)13/h18,20,27,34,36-41,43-55,58-60,67-69,71-78H,14-17,19,21-26,28-31H2,1-13H3/b33-27+/t34?,36-,37+,38-,39?,40+,41-,43+,44-,45-,46+,47+,48-,49-,50+,51-,52-,53+,54-,55-,58-,59-,60+,63-,64+,65-,66-/m0/s1. The van der Waals surface area contributed by atoms with Crippen LogP contribution in [0.1, 0.15) is 161 Å². The Morgan fingerprint density at radius 3 is 1.92 bits per heavy atom. The van der Waals surface area contributed by atoms with Gasteiger partial charge in [0.1, 0.15) is 67.1 Å². The first-order valence-corrected chi connectivity index (χ1v) is 32.5. The van der Waals surface area contributed by atoms with Crippen molar-refractivity contribution in [1.82, 2.24) is 0 Å². The lowest BCUT2D eigenvalue weighted by Gasteiger charge is -2.73. The Labute approximate surface area is 524 Å². The van der Waals surface area contributed by atoms with E-state index >= 15 is 0 Å². The molecule has 27 atom stereocenters. The van der Waals surface area contributed by atoms with Gasteiger partial charge in [-0.25, -0.2) is 9.59 Å². The van der Waals surface area contributed by atoms with Crippen LogP contribution < -0.4 is 0 Å². The molecule has 8 rings (SSSR count). The van der Waals surface area contributed by atoms with E-state index in [2.05, 4.69) is 39.8 Å². The Morgan fingerprint density at radius 2 is 1.33 bits per heavy atom. The number of allylic oxidation sites excluding steroid dienone is 4. The number of carbonyl (C=O) groups excluding carboxylic acids is 3. The molecule has 0 radical (unpaired) electrons. The van der Waals surface area contributed by atoms with Crippen LogP contribution in [0.2, 0.25) is 0 Å². The highest BCUT2D eigenvalue weighted by Crippen LogP contribution is 2.76. The van der Waals surface area contributed by atoms with E-state index < -0.39 is 199 Å². The molecule has 11 N–H and O–H groups in total. The summed E-state index contributed by atoms with van der Waals surface area (Å²) in [6.07, 6.45) is -19.4. The van der Waals surface area contributed by atoms with Crippen molar-refractivity contribution in [3.8, 4) is 0 Å². The smallest absolute Gasteiger partial charge is 0.338 e. The quantitative estimate of drug-likeness (QED) is 0.0196. The molecule has 0 bridgehead atoms. The van der Waals surface area contributed by atoms with Gasteiger partial charge in [0.15, 0.2) is 31.1 Å². The summed E-state index contributed by atoms with van der Waals surface area (Å²) < 4.78 is 55.8. The van der Waals surface area contributed by atoms with Crippen LogP contribution in [0.15, 0.2) is 34.9 Å². The molecule has 0 spiro atoms. The van der Waals surface area contributed by atoms with Crippen LogP contribution >= 0.6 is 0 Å². The zero-order chi connectivity index (χ0) is 65.8. The summed E-state index contributed by atoms with van der Waals surface area (Å²) in [4.78, 5) is 42.3. The molecule has 7 fully saturated rings. The van der Waals surface area contributed by atoms with Crippen molar-refractivity contribution in [3.05, 3.63) is 34.9 Å². The Morgan fingerprint density at radius 1 is 0.708 bits per heavy atom. The molecular formula is C66H106O23. The van der Waals surface area contributed by atoms with E-state index in [-0.39, 0.29) is 18.4 Å². The van der Waals surface area contributed by atoms with Crippen molar-refractivity contribution < 1.29 is 113 Å². The zero-order valence-electron chi connectivity index (χ0n) is 54.4. The predicted octanol–water partition coefficient (Wildman–Crippen LogP) is 3.33. The summed E-state index contributed by atoms with van der Waals surface area (Å²) in [5, 5.41) is 125. The Hall–Kier alpha value is -3.05. The lowest BCUT2D eigenvalue weighted by atomic mass is 9.32. The Balaban J connectivity index is 1.13. The third kappa shape index (κ3) is 12.8. The van der Waals surface area contributed by atoms with Crippen LogP contribution in [-0.4, -0.2) is 217 Å². The molecule has 3 heterocycles. The second-order valence-corrected chi connectivity index (χ2v) is 29.4. The maximum atomic E-state index is 14.2. The molecule has 5 aliphatic carbocycles. The first-order valence-electron chi connectivity index (χ1n) is 32.5. The number of fused-ring (bicyclic) bond motifs is 7. The maximum absolute atomic E-state index is 14.2. The third-order valence-corrected chi connectivity index (χ3v) is 23.1. The van der Waals surface area contributed by atoms with Gasteiger partial charge < -0.3 is 98.8 Å². The number of esters is 3. The topological polar surface area (TPSA) is 357 Å². The number of unbranched alkanes of at least 4 members (excludes halogenated alkanes) is 1. The number of hydrogen-bond donors (Lipinski definition) is 11. The third-order valence-electron chi connectivity index (χ3n) is 23.1. The molecule has 0 amide bonds. The average molecular weight is 1270 g/mol. The van der Waals surface area contributed by atoms with Gasteiger partial charge >= 0.3 is 17.9 Å². The minimum Gasteiger partial charge on any atom is -0.464 e. The molecule has 0 aromatic rings. The normalized spacial score (nSPS) is 45.3. The highest BCUT2D eigenvalue weighted by atomic mass is 16.8. The lowest BCUT2D eigenvalue weighted by Crippen LogP contribution is -2.76. The number of aliphatic hydroxyl groups is 11. The van der Waals surface area contributed by atoms with E-state index in [4.69, 9.17) is 42.6 Å². The van der Waals surface area contributed by atoms with E-state index in [9.17, 15) is 70.6 Å². The molecule has 23 heteroatoms. The zero-order valence-corrected chi connectivity index (χ0v) is 54.4. The van der Waals surface area contributed by atoms with Crippen LogP contribution in [-0.2, 0) is 57.0 Å². The fourth-order valence-corrected chi connectivity index (χ4v) is 17.4. The van der Waals surface area contributed by atoms with Crippen molar-refractivity contribution >= 4 is 17.9 Å². The van der Waals surface area contributed by atoms with Gasteiger partial charge in [-0.2, -0.15) is 0 Å². The summed E-state index contributed by atoms with van der Waals surface area (Å²) in [5.74, 6) is -3.69. The second-order valence-electron chi connectivity index (χ2n) is 29.4. The van der Waals surface area contributed by atoms with Crippen LogP contribution in [0.4, 0.5) is 0 Å². The van der Waals surface area contributed by atoms with E-state index in [1.165, 1.54) is 6.08 Å². The van der Waals surface area contributed by atoms with E-state index in [0.29, 0.717) is 64.2 Å². The van der Waals surface area contributed by atoms with Gasteiger partial charge in [0, 0.05) is 16.9 Å². The molecule has 89 heavy (non-hydrogen) atoms. The molecule has 0 aromatic heterocycles. The molecular weight excluding hydrogens is 1160 g/mol. The highest BCUT2D eigenvalue weighted by Gasteiger charge is 2.76. The van der Waals surface area contributed by atoms with E-state index in [0.717, 1.165) is 23.1 Å². The van der Waals surface area contributed by atoms with E-state index in [1.54, 1.807) is 6.92 Å². The molecule has 3 aliphatic heterocycles. The molecule has 2 unspecified atom stereocenters. The van der Waals surface area contributed by atoms with Crippen molar-refractivity contribution in [2.75, 3.05) is 26.4 Å².